The molecule has 0 spiro atoms. The topological polar surface area (TPSA) is 84.0 Å². The molecule has 2 aromatic rings. The summed E-state index contributed by atoms with van der Waals surface area (Å²) in [7, 11) is 0. The number of anilines is 1. The van der Waals surface area contributed by atoms with Crippen LogP contribution in [0.4, 0.5) is 5.69 Å². The number of hydrogen-bond acceptors (Lipinski definition) is 5. The molecule has 0 radical (unpaired) electrons. The fraction of sp³-hybridized carbons (Fsp3) is 0.286. The zero-order valence-corrected chi connectivity index (χ0v) is 12.2. The van der Waals surface area contributed by atoms with E-state index in [4.69, 9.17) is 0 Å². The largest absolute Gasteiger partial charge is 0.349 e. The molecule has 0 bridgehead atoms. The van der Waals surface area contributed by atoms with Gasteiger partial charge in [-0.2, -0.15) is 0 Å². The number of benzene rings is 1. The molecule has 1 fully saturated rings. The number of carbonyl (C=O) groups is 2. The number of rotatable bonds is 4. The Morgan fingerprint density at radius 1 is 1.14 bits per heavy atom. The van der Waals surface area contributed by atoms with Gasteiger partial charge in [-0.05, 0) is 44.0 Å². The van der Waals surface area contributed by atoms with E-state index in [1.54, 1.807) is 31.2 Å². The van der Waals surface area contributed by atoms with Crippen LogP contribution in [-0.2, 0) is 0 Å². The molecule has 1 aromatic carbocycles. The maximum Gasteiger partial charge on any atom is 0.286 e. The molecular formula is C14H14N4O2S. The van der Waals surface area contributed by atoms with Crippen LogP contribution in [0.5, 0.6) is 0 Å². The Morgan fingerprint density at radius 3 is 2.43 bits per heavy atom. The molecule has 1 aliphatic carbocycles. The van der Waals surface area contributed by atoms with Gasteiger partial charge in [0.1, 0.15) is 5.01 Å². The van der Waals surface area contributed by atoms with Crippen LogP contribution in [-0.4, -0.2) is 28.1 Å². The minimum Gasteiger partial charge on any atom is -0.349 e. The third-order valence-corrected chi connectivity index (χ3v) is 3.88. The van der Waals surface area contributed by atoms with Crippen LogP contribution in [0.25, 0.3) is 0 Å². The van der Waals surface area contributed by atoms with E-state index >= 15 is 0 Å². The van der Waals surface area contributed by atoms with E-state index in [9.17, 15) is 9.59 Å². The summed E-state index contributed by atoms with van der Waals surface area (Å²) in [5.74, 6) is -0.370. The first-order chi connectivity index (χ1) is 10.1. The zero-order chi connectivity index (χ0) is 14.8. The molecular weight excluding hydrogens is 288 g/mol. The van der Waals surface area contributed by atoms with Crippen LogP contribution in [0, 0.1) is 6.92 Å². The maximum atomic E-state index is 11.9. The summed E-state index contributed by atoms with van der Waals surface area (Å²) in [5, 5.41) is 14.3. The van der Waals surface area contributed by atoms with Gasteiger partial charge in [0, 0.05) is 17.3 Å². The lowest BCUT2D eigenvalue weighted by molar-refractivity contribution is 0.0950. The highest BCUT2D eigenvalue weighted by Gasteiger charge is 2.23. The SMILES string of the molecule is Cc1nnc(C(=O)Nc2ccc(C(=O)NC3CC3)cc2)s1. The summed E-state index contributed by atoms with van der Waals surface area (Å²) in [6.45, 7) is 1.79. The third-order valence-electron chi connectivity index (χ3n) is 3.04. The van der Waals surface area contributed by atoms with E-state index in [0.717, 1.165) is 17.8 Å². The van der Waals surface area contributed by atoms with Crippen LogP contribution in [0.3, 0.4) is 0 Å². The molecule has 1 saturated carbocycles. The summed E-state index contributed by atoms with van der Waals surface area (Å²) < 4.78 is 0. The van der Waals surface area contributed by atoms with Gasteiger partial charge in [-0.1, -0.05) is 11.3 Å². The Balaban J connectivity index is 1.63. The van der Waals surface area contributed by atoms with Gasteiger partial charge in [-0.15, -0.1) is 10.2 Å². The lowest BCUT2D eigenvalue weighted by Crippen LogP contribution is -2.25. The van der Waals surface area contributed by atoms with Gasteiger partial charge in [0.25, 0.3) is 11.8 Å². The molecule has 0 atom stereocenters. The monoisotopic (exact) mass is 302 g/mol. The van der Waals surface area contributed by atoms with E-state index in [2.05, 4.69) is 20.8 Å². The molecule has 7 heteroatoms. The average Bonchev–Trinajstić information content (AvgIpc) is 3.17. The highest BCUT2D eigenvalue weighted by Crippen LogP contribution is 2.20. The Hall–Kier alpha value is -2.28. The molecule has 108 valence electrons. The molecule has 2 N–H and O–H groups in total. The van der Waals surface area contributed by atoms with Gasteiger partial charge in [-0.3, -0.25) is 9.59 Å². The fourth-order valence-electron chi connectivity index (χ4n) is 1.77. The molecule has 1 aliphatic rings. The second kappa shape index (κ2) is 5.61. The predicted molar refractivity (Wildman–Crippen MR) is 79.5 cm³/mol. The van der Waals surface area contributed by atoms with Crippen molar-refractivity contribution in [3.05, 3.63) is 39.8 Å². The van der Waals surface area contributed by atoms with Crippen LogP contribution >= 0.6 is 11.3 Å². The zero-order valence-electron chi connectivity index (χ0n) is 11.4. The lowest BCUT2D eigenvalue weighted by atomic mass is 10.2. The Morgan fingerprint density at radius 2 is 1.86 bits per heavy atom. The van der Waals surface area contributed by atoms with E-state index < -0.39 is 0 Å². The standard InChI is InChI=1S/C14H14N4O2S/c1-8-17-18-14(21-8)13(20)16-10-4-2-9(3-5-10)12(19)15-11-6-7-11/h2-5,11H,6-7H2,1H3,(H,15,19)(H,16,20). The minimum absolute atomic E-state index is 0.0740. The Bertz CT molecular complexity index is 677. The van der Waals surface area contributed by atoms with Crippen LogP contribution in [0.15, 0.2) is 24.3 Å². The predicted octanol–water partition coefficient (Wildman–Crippen LogP) is 1.99. The van der Waals surface area contributed by atoms with Crippen molar-refractivity contribution in [3.8, 4) is 0 Å². The summed E-state index contributed by atoms with van der Waals surface area (Å²) in [6, 6.07) is 7.12. The van der Waals surface area contributed by atoms with E-state index in [-0.39, 0.29) is 11.8 Å². The number of carbonyl (C=O) groups excluding carboxylic acids is 2. The molecule has 6 nitrogen and oxygen atoms in total. The van der Waals surface area contributed by atoms with Crippen molar-refractivity contribution in [2.75, 3.05) is 5.32 Å². The van der Waals surface area contributed by atoms with Crippen LogP contribution in [0.2, 0.25) is 0 Å². The third kappa shape index (κ3) is 3.43. The molecule has 21 heavy (non-hydrogen) atoms. The highest BCUT2D eigenvalue weighted by molar-refractivity contribution is 7.13. The van der Waals surface area contributed by atoms with Gasteiger partial charge in [0.2, 0.25) is 5.01 Å². The minimum atomic E-state index is -0.296. The van der Waals surface area contributed by atoms with Crippen molar-refractivity contribution in [2.24, 2.45) is 0 Å². The summed E-state index contributed by atoms with van der Waals surface area (Å²) in [5.41, 5.74) is 1.21. The number of nitrogens with zero attached hydrogens (tertiary/aromatic N) is 2. The van der Waals surface area contributed by atoms with Gasteiger partial charge in [0.15, 0.2) is 0 Å². The molecule has 2 amide bonds. The molecule has 3 rings (SSSR count). The van der Waals surface area contributed by atoms with Gasteiger partial charge < -0.3 is 10.6 Å². The Kier molecular flexibility index (Phi) is 3.66. The molecule has 0 aliphatic heterocycles. The highest BCUT2D eigenvalue weighted by atomic mass is 32.1. The average molecular weight is 302 g/mol. The maximum absolute atomic E-state index is 11.9. The van der Waals surface area contributed by atoms with Crippen molar-refractivity contribution in [1.29, 1.82) is 0 Å². The second-order valence-electron chi connectivity index (χ2n) is 4.91. The van der Waals surface area contributed by atoms with E-state index in [1.165, 1.54) is 11.3 Å². The first kappa shape index (κ1) is 13.7. The summed E-state index contributed by atoms with van der Waals surface area (Å²) in [4.78, 5) is 23.8. The lowest BCUT2D eigenvalue weighted by Gasteiger charge is -2.05. The van der Waals surface area contributed by atoms with E-state index in [0.29, 0.717) is 22.3 Å². The van der Waals surface area contributed by atoms with Crippen molar-refractivity contribution in [3.63, 3.8) is 0 Å². The quantitative estimate of drug-likeness (QED) is 0.904. The molecule has 0 unspecified atom stereocenters. The number of hydrogen-bond donors (Lipinski definition) is 2. The molecule has 1 heterocycles. The van der Waals surface area contributed by atoms with Crippen LogP contribution < -0.4 is 10.6 Å². The van der Waals surface area contributed by atoms with E-state index in [1.807, 2.05) is 0 Å². The van der Waals surface area contributed by atoms with Crippen molar-refractivity contribution in [2.45, 2.75) is 25.8 Å². The first-order valence-electron chi connectivity index (χ1n) is 6.64. The molecule has 0 saturated heterocycles. The van der Waals surface area contributed by atoms with Crippen molar-refractivity contribution < 1.29 is 9.59 Å². The fourth-order valence-corrected chi connectivity index (χ4v) is 2.36. The normalized spacial score (nSPS) is 13.8. The Labute approximate surface area is 125 Å². The summed E-state index contributed by atoms with van der Waals surface area (Å²) in [6.07, 6.45) is 2.11. The number of aromatic nitrogens is 2. The van der Waals surface area contributed by atoms with Crippen molar-refractivity contribution >= 4 is 28.8 Å². The molecule has 1 aromatic heterocycles. The van der Waals surface area contributed by atoms with Crippen LogP contribution in [0.1, 0.15) is 38.0 Å². The first-order valence-corrected chi connectivity index (χ1v) is 7.46. The van der Waals surface area contributed by atoms with Crippen molar-refractivity contribution in [1.82, 2.24) is 15.5 Å². The van der Waals surface area contributed by atoms with Gasteiger partial charge in [-0.25, -0.2) is 0 Å². The number of amides is 2. The summed E-state index contributed by atoms with van der Waals surface area (Å²) >= 11 is 1.24. The number of aryl methyl sites for hydroxylation is 1. The smallest absolute Gasteiger partial charge is 0.286 e. The number of nitrogens with one attached hydrogen (secondary N) is 2. The van der Waals surface area contributed by atoms with Gasteiger partial charge >= 0.3 is 0 Å². The van der Waals surface area contributed by atoms with Gasteiger partial charge in [0.05, 0.1) is 0 Å². The second-order valence-corrected chi connectivity index (χ2v) is 6.09.